The van der Waals surface area contributed by atoms with Crippen LogP contribution in [0.4, 0.5) is 0 Å². The summed E-state index contributed by atoms with van der Waals surface area (Å²) in [5.74, 6) is -1.06. The summed E-state index contributed by atoms with van der Waals surface area (Å²) in [6.45, 7) is 4.08. The van der Waals surface area contributed by atoms with Gasteiger partial charge < -0.3 is 14.9 Å². The number of ether oxygens (including phenoxy) is 1. The Hall–Kier alpha value is -1.59. The van der Waals surface area contributed by atoms with Crippen LogP contribution in [0.15, 0.2) is 24.3 Å². The van der Waals surface area contributed by atoms with Gasteiger partial charge >= 0.3 is 5.97 Å². The van der Waals surface area contributed by atoms with Gasteiger partial charge in [0.2, 0.25) is 0 Å². The maximum Gasteiger partial charge on any atom is 0.310 e. The normalized spacial score (nSPS) is 22.8. The van der Waals surface area contributed by atoms with Crippen LogP contribution >= 0.6 is 0 Å². The molecule has 2 unspecified atom stereocenters. The second kappa shape index (κ2) is 6.04. The summed E-state index contributed by atoms with van der Waals surface area (Å²) in [4.78, 5) is 13.3. The van der Waals surface area contributed by atoms with Crippen LogP contribution in [0, 0.1) is 5.92 Å². The second-order valence-electron chi connectivity index (χ2n) is 4.78. The Morgan fingerprint density at radius 1 is 1.47 bits per heavy atom. The molecule has 1 fully saturated rings. The van der Waals surface area contributed by atoms with E-state index in [9.17, 15) is 15.0 Å². The minimum absolute atomic E-state index is 0.107. The van der Waals surface area contributed by atoms with E-state index in [4.69, 9.17) is 4.74 Å². The lowest BCUT2D eigenvalue weighted by Crippen LogP contribution is -2.42. The summed E-state index contributed by atoms with van der Waals surface area (Å²) >= 11 is 0. The number of aliphatic carboxylic acids is 1. The number of aromatic hydroxyl groups is 1. The monoisotopic (exact) mass is 265 g/mol. The zero-order chi connectivity index (χ0) is 13.8. The minimum atomic E-state index is -0.808. The van der Waals surface area contributed by atoms with Gasteiger partial charge in [0.15, 0.2) is 0 Å². The largest absolute Gasteiger partial charge is 0.508 e. The lowest BCUT2D eigenvalue weighted by Gasteiger charge is -2.29. The molecule has 1 heterocycles. The first-order valence-electron chi connectivity index (χ1n) is 6.44. The zero-order valence-electron chi connectivity index (χ0n) is 11.0. The van der Waals surface area contributed by atoms with Crippen molar-refractivity contribution in [2.75, 3.05) is 19.8 Å². The molecular formula is C14H19NO4. The van der Waals surface area contributed by atoms with E-state index in [1.54, 1.807) is 18.2 Å². The fourth-order valence-corrected chi connectivity index (χ4v) is 2.49. The Balaban J connectivity index is 2.09. The standard InChI is InChI=1S/C14H19NO4/c1-2-15(7-10-4-3-5-11(16)6-10)13-9-19-8-12(13)14(17)18/h3-6,12-13,16H,2,7-9H2,1H3,(H,17,18). The molecule has 0 amide bonds. The van der Waals surface area contributed by atoms with Gasteiger partial charge in [0.25, 0.3) is 0 Å². The van der Waals surface area contributed by atoms with E-state index in [0.717, 1.165) is 12.1 Å². The topological polar surface area (TPSA) is 70.0 Å². The van der Waals surface area contributed by atoms with Crippen LogP contribution in [0.2, 0.25) is 0 Å². The Labute approximate surface area is 112 Å². The van der Waals surface area contributed by atoms with Crippen molar-refractivity contribution in [3.8, 4) is 5.75 Å². The highest BCUT2D eigenvalue weighted by Gasteiger charge is 2.37. The van der Waals surface area contributed by atoms with Crippen molar-refractivity contribution in [2.24, 2.45) is 5.92 Å². The molecule has 0 aliphatic carbocycles. The van der Waals surface area contributed by atoms with Gasteiger partial charge in [0, 0.05) is 12.6 Å². The molecule has 0 saturated carbocycles. The number of carboxylic acid groups (broad SMARTS) is 1. The number of carboxylic acids is 1. The zero-order valence-corrected chi connectivity index (χ0v) is 11.0. The molecule has 0 radical (unpaired) electrons. The van der Waals surface area contributed by atoms with E-state index in [1.807, 2.05) is 13.0 Å². The van der Waals surface area contributed by atoms with E-state index in [-0.39, 0.29) is 18.4 Å². The lowest BCUT2D eigenvalue weighted by molar-refractivity contribution is -0.143. The number of carbonyl (C=O) groups is 1. The molecule has 19 heavy (non-hydrogen) atoms. The molecule has 1 aliphatic rings. The molecule has 2 N–H and O–H groups in total. The number of phenolic OH excluding ortho intramolecular Hbond substituents is 1. The first-order chi connectivity index (χ1) is 9.11. The molecule has 1 aromatic rings. The number of hydrogen-bond donors (Lipinski definition) is 2. The first kappa shape index (κ1) is 13.8. The summed E-state index contributed by atoms with van der Waals surface area (Å²) in [6.07, 6.45) is 0. The van der Waals surface area contributed by atoms with Crippen LogP contribution < -0.4 is 0 Å². The Kier molecular flexibility index (Phi) is 4.39. The van der Waals surface area contributed by atoms with Gasteiger partial charge in [-0.25, -0.2) is 0 Å². The number of likely N-dealkylation sites (N-methyl/N-ethyl adjacent to an activating group) is 1. The summed E-state index contributed by atoms with van der Waals surface area (Å²) in [5.41, 5.74) is 0.970. The number of nitrogens with zero attached hydrogens (tertiary/aromatic N) is 1. The summed E-state index contributed by atoms with van der Waals surface area (Å²) in [5, 5.41) is 18.7. The number of hydrogen-bond acceptors (Lipinski definition) is 4. The number of rotatable bonds is 5. The summed E-state index contributed by atoms with van der Waals surface area (Å²) in [7, 11) is 0. The van der Waals surface area contributed by atoms with E-state index in [0.29, 0.717) is 13.2 Å². The lowest BCUT2D eigenvalue weighted by atomic mass is 10.0. The maximum absolute atomic E-state index is 11.2. The van der Waals surface area contributed by atoms with Gasteiger partial charge in [-0.2, -0.15) is 0 Å². The first-order valence-corrected chi connectivity index (χ1v) is 6.44. The van der Waals surface area contributed by atoms with Crippen molar-refractivity contribution in [3.63, 3.8) is 0 Å². The Morgan fingerprint density at radius 3 is 2.89 bits per heavy atom. The molecular weight excluding hydrogens is 246 g/mol. The van der Waals surface area contributed by atoms with Crippen molar-refractivity contribution in [2.45, 2.75) is 19.5 Å². The fraction of sp³-hybridized carbons (Fsp3) is 0.500. The third-order valence-electron chi connectivity index (χ3n) is 3.54. The average molecular weight is 265 g/mol. The van der Waals surface area contributed by atoms with E-state index >= 15 is 0 Å². The van der Waals surface area contributed by atoms with Crippen LogP contribution in [0.5, 0.6) is 5.75 Å². The van der Waals surface area contributed by atoms with Crippen molar-refractivity contribution in [1.29, 1.82) is 0 Å². The van der Waals surface area contributed by atoms with Crippen LogP contribution in [-0.2, 0) is 16.1 Å². The van der Waals surface area contributed by atoms with Gasteiger partial charge in [-0.3, -0.25) is 9.69 Å². The van der Waals surface area contributed by atoms with Crippen molar-refractivity contribution in [3.05, 3.63) is 29.8 Å². The SMILES string of the molecule is CCN(Cc1cccc(O)c1)C1COCC1C(=O)O. The maximum atomic E-state index is 11.2. The van der Waals surface area contributed by atoms with Gasteiger partial charge in [-0.1, -0.05) is 19.1 Å². The average Bonchev–Trinajstić information content (AvgIpc) is 2.85. The van der Waals surface area contributed by atoms with E-state index < -0.39 is 11.9 Å². The molecule has 5 nitrogen and oxygen atoms in total. The Morgan fingerprint density at radius 2 is 2.26 bits per heavy atom. The van der Waals surface area contributed by atoms with Crippen LogP contribution in [0.3, 0.4) is 0 Å². The van der Waals surface area contributed by atoms with E-state index in [2.05, 4.69) is 4.90 Å². The van der Waals surface area contributed by atoms with Gasteiger partial charge in [0.1, 0.15) is 5.75 Å². The molecule has 5 heteroatoms. The molecule has 0 spiro atoms. The summed E-state index contributed by atoms with van der Waals surface area (Å²) in [6, 6.07) is 6.93. The highest BCUT2D eigenvalue weighted by atomic mass is 16.5. The second-order valence-corrected chi connectivity index (χ2v) is 4.78. The smallest absolute Gasteiger partial charge is 0.310 e. The quantitative estimate of drug-likeness (QED) is 0.840. The molecule has 104 valence electrons. The van der Waals surface area contributed by atoms with Gasteiger partial charge in [-0.05, 0) is 24.2 Å². The van der Waals surface area contributed by atoms with Crippen LogP contribution in [-0.4, -0.2) is 46.9 Å². The highest BCUT2D eigenvalue weighted by Crippen LogP contribution is 2.22. The highest BCUT2D eigenvalue weighted by molar-refractivity contribution is 5.71. The van der Waals surface area contributed by atoms with Crippen molar-refractivity contribution in [1.82, 2.24) is 4.90 Å². The summed E-state index contributed by atoms with van der Waals surface area (Å²) < 4.78 is 5.30. The predicted octanol–water partition coefficient (Wildman–Crippen LogP) is 1.31. The van der Waals surface area contributed by atoms with Gasteiger partial charge in [0.05, 0.1) is 19.1 Å². The van der Waals surface area contributed by atoms with E-state index in [1.165, 1.54) is 0 Å². The fourth-order valence-electron chi connectivity index (χ4n) is 2.49. The molecule has 2 atom stereocenters. The Bertz CT molecular complexity index is 449. The molecule has 0 aromatic heterocycles. The van der Waals surface area contributed by atoms with Crippen LogP contribution in [0.25, 0.3) is 0 Å². The number of phenols is 1. The molecule has 2 rings (SSSR count). The van der Waals surface area contributed by atoms with Crippen molar-refractivity contribution < 1.29 is 19.7 Å². The minimum Gasteiger partial charge on any atom is -0.508 e. The predicted molar refractivity (Wildman–Crippen MR) is 69.9 cm³/mol. The van der Waals surface area contributed by atoms with Crippen molar-refractivity contribution >= 4 is 5.97 Å². The molecule has 1 aliphatic heterocycles. The molecule has 1 saturated heterocycles. The molecule has 1 aromatic carbocycles. The van der Waals surface area contributed by atoms with Crippen LogP contribution in [0.1, 0.15) is 12.5 Å². The molecule has 0 bridgehead atoms. The number of benzene rings is 1. The third-order valence-corrected chi connectivity index (χ3v) is 3.54. The van der Waals surface area contributed by atoms with Gasteiger partial charge in [-0.15, -0.1) is 0 Å². The third kappa shape index (κ3) is 3.24.